The summed E-state index contributed by atoms with van der Waals surface area (Å²) in [4.78, 5) is 36.1. The molecule has 3 amide bonds. The highest BCUT2D eigenvalue weighted by Gasteiger charge is 2.36. The Morgan fingerprint density at radius 3 is 1.97 bits per heavy atom. The van der Waals surface area contributed by atoms with Crippen molar-refractivity contribution in [2.75, 3.05) is 31.1 Å². The number of nitrogens with zero attached hydrogens (tertiary/aromatic N) is 4. The fraction of sp³-hybridized carbons (Fsp3) is 0.368. The molecular formula is C19H21Cl3N4O5. The van der Waals surface area contributed by atoms with Crippen molar-refractivity contribution < 1.29 is 23.8 Å². The van der Waals surface area contributed by atoms with E-state index in [1.807, 2.05) is 0 Å². The number of carbonyl (C=O) groups is 2. The van der Waals surface area contributed by atoms with Crippen molar-refractivity contribution in [2.45, 2.75) is 26.4 Å². The van der Waals surface area contributed by atoms with E-state index in [2.05, 4.69) is 9.97 Å². The number of benzene rings is 1. The lowest BCUT2D eigenvalue weighted by molar-refractivity contribution is 0.0594. The summed E-state index contributed by atoms with van der Waals surface area (Å²) in [6.07, 6.45) is 0.150. The largest absolute Gasteiger partial charge is 0.495 e. The Morgan fingerprint density at radius 1 is 0.968 bits per heavy atom. The van der Waals surface area contributed by atoms with Crippen LogP contribution in [0.15, 0.2) is 18.5 Å². The van der Waals surface area contributed by atoms with Gasteiger partial charge in [0, 0.05) is 19.2 Å². The van der Waals surface area contributed by atoms with Gasteiger partial charge in [-0.2, -0.15) is 4.90 Å². The summed E-state index contributed by atoms with van der Waals surface area (Å²) in [7, 11) is 4.12. The maximum Gasteiger partial charge on any atom is 0.423 e. The number of urea groups is 1. The topological polar surface area (TPSA) is 94.1 Å². The van der Waals surface area contributed by atoms with Crippen molar-refractivity contribution in [3.63, 3.8) is 0 Å². The summed E-state index contributed by atoms with van der Waals surface area (Å²) < 4.78 is 15.9. The number of anilines is 2. The quantitative estimate of drug-likeness (QED) is 0.525. The van der Waals surface area contributed by atoms with Gasteiger partial charge in [0.1, 0.15) is 50.1 Å². The van der Waals surface area contributed by atoms with Crippen LogP contribution in [0.2, 0.25) is 15.2 Å². The van der Waals surface area contributed by atoms with Crippen LogP contribution in [-0.4, -0.2) is 49.0 Å². The van der Waals surface area contributed by atoms with Gasteiger partial charge >= 0.3 is 12.1 Å². The van der Waals surface area contributed by atoms with Gasteiger partial charge < -0.3 is 14.2 Å². The zero-order chi connectivity index (χ0) is 23.5. The van der Waals surface area contributed by atoms with E-state index in [0.717, 1.165) is 4.90 Å². The minimum Gasteiger partial charge on any atom is -0.495 e. The number of ether oxygens (including phenoxy) is 3. The average molecular weight is 492 g/mol. The molecule has 0 unspecified atom stereocenters. The van der Waals surface area contributed by atoms with E-state index in [-0.39, 0.29) is 38.2 Å². The maximum atomic E-state index is 13.4. The summed E-state index contributed by atoms with van der Waals surface area (Å²) in [6.45, 7) is 4.95. The van der Waals surface area contributed by atoms with Crippen molar-refractivity contribution in [3.8, 4) is 11.5 Å². The Labute approximate surface area is 194 Å². The van der Waals surface area contributed by atoms with Crippen LogP contribution in [0, 0.1) is 0 Å². The summed E-state index contributed by atoms with van der Waals surface area (Å²) >= 11 is 18.8. The molecule has 0 radical (unpaired) electrons. The fourth-order valence-corrected chi connectivity index (χ4v) is 3.21. The first-order valence-electron chi connectivity index (χ1n) is 8.79. The molecular weight excluding hydrogens is 471 g/mol. The molecule has 31 heavy (non-hydrogen) atoms. The van der Waals surface area contributed by atoms with Crippen LogP contribution in [0.1, 0.15) is 20.8 Å². The molecule has 0 aliphatic rings. The number of rotatable bonds is 4. The standard InChI is InChI=1S/C19H21Cl3N4O5/c1-19(2,3)31-18(28)26(17(27)25(4)13-8-12(20)23-9-24-13)16-14(21)10(29-5)7-11(30-6)15(16)22/h7-9H,1-6H3. The number of hydrogen-bond donors (Lipinski definition) is 0. The van der Waals surface area contributed by atoms with Gasteiger partial charge in [-0.1, -0.05) is 34.8 Å². The van der Waals surface area contributed by atoms with Crippen LogP contribution in [0.5, 0.6) is 11.5 Å². The van der Waals surface area contributed by atoms with Crippen LogP contribution in [0.4, 0.5) is 21.1 Å². The predicted octanol–water partition coefficient (Wildman–Crippen LogP) is 5.45. The number of imide groups is 1. The van der Waals surface area contributed by atoms with E-state index in [1.54, 1.807) is 20.8 Å². The normalized spacial score (nSPS) is 11.0. The molecule has 9 nitrogen and oxygen atoms in total. The first kappa shape index (κ1) is 24.8. The van der Waals surface area contributed by atoms with Gasteiger partial charge in [-0.25, -0.2) is 19.6 Å². The van der Waals surface area contributed by atoms with E-state index in [0.29, 0.717) is 4.90 Å². The Kier molecular flexibility index (Phi) is 7.80. The first-order chi connectivity index (χ1) is 14.4. The summed E-state index contributed by atoms with van der Waals surface area (Å²) in [5.41, 5.74) is -1.10. The van der Waals surface area contributed by atoms with Crippen molar-refractivity contribution in [1.29, 1.82) is 0 Å². The Hall–Kier alpha value is -2.49. The van der Waals surface area contributed by atoms with Crippen molar-refractivity contribution in [3.05, 3.63) is 33.7 Å². The molecule has 0 fully saturated rings. The third-order valence-electron chi connectivity index (χ3n) is 3.79. The van der Waals surface area contributed by atoms with Crippen LogP contribution >= 0.6 is 34.8 Å². The smallest absolute Gasteiger partial charge is 0.423 e. The third-order valence-corrected chi connectivity index (χ3v) is 4.73. The predicted molar refractivity (Wildman–Crippen MR) is 119 cm³/mol. The molecule has 0 N–H and O–H groups in total. The molecule has 0 bridgehead atoms. The van der Waals surface area contributed by atoms with E-state index in [4.69, 9.17) is 49.0 Å². The Morgan fingerprint density at radius 2 is 1.52 bits per heavy atom. The molecule has 1 aromatic heterocycles. The second-order valence-corrected chi connectivity index (χ2v) is 8.26. The molecule has 0 aliphatic heterocycles. The van der Waals surface area contributed by atoms with E-state index < -0.39 is 17.7 Å². The van der Waals surface area contributed by atoms with Crippen LogP contribution < -0.4 is 19.3 Å². The second kappa shape index (κ2) is 9.76. The molecule has 1 heterocycles. The van der Waals surface area contributed by atoms with Crippen molar-refractivity contribution in [1.82, 2.24) is 9.97 Å². The van der Waals surface area contributed by atoms with E-state index in [1.165, 1.54) is 39.7 Å². The molecule has 12 heteroatoms. The van der Waals surface area contributed by atoms with Crippen molar-refractivity contribution in [2.24, 2.45) is 0 Å². The minimum atomic E-state index is -1.02. The molecule has 1 aromatic carbocycles. The zero-order valence-corrected chi connectivity index (χ0v) is 20.0. The minimum absolute atomic E-state index is 0.0957. The maximum absolute atomic E-state index is 13.4. The summed E-state index contributed by atoms with van der Waals surface area (Å²) in [5, 5.41) is -0.0872. The summed E-state index contributed by atoms with van der Waals surface area (Å²) in [5.74, 6) is 0.389. The molecule has 0 aliphatic carbocycles. The number of methoxy groups -OCH3 is 2. The van der Waals surface area contributed by atoms with Gasteiger partial charge in [0.15, 0.2) is 0 Å². The lowest BCUT2D eigenvalue weighted by Gasteiger charge is -2.30. The van der Waals surface area contributed by atoms with Gasteiger partial charge in [0.05, 0.1) is 14.2 Å². The third kappa shape index (κ3) is 5.61. The molecule has 2 aromatic rings. The highest BCUT2D eigenvalue weighted by atomic mass is 35.5. The summed E-state index contributed by atoms with van der Waals surface area (Å²) in [6, 6.07) is 1.91. The first-order valence-corrected chi connectivity index (χ1v) is 9.93. The molecule has 2 rings (SSSR count). The molecule has 0 saturated carbocycles. The highest BCUT2D eigenvalue weighted by Crippen LogP contribution is 2.46. The average Bonchev–Trinajstić information content (AvgIpc) is 2.68. The number of carbonyl (C=O) groups excluding carboxylic acids is 2. The number of amides is 3. The zero-order valence-electron chi connectivity index (χ0n) is 17.7. The van der Waals surface area contributed by atoms with E-state index >= 15 is 0 Å². The Bertz CT molecular complexity index is 969. The van der Waals surface area contributed by atoms with Crippen molar-refractivity contribution >= 4 is 58.4 Å². The monoisotopic (exact) mass is 490 g/mol. The van der Waals surface area contributed by atoms with Gasteiger partial charge in [-0.3, -0.25) is 4.90 Å². The lowest BCUT2D eigenvalue weighted by atomic mass is 10.2. The lowest BCUT2D eigenvalue weighted by Crippen LogP contribution is -2.47. The molecule has 0 spiro atoms. The van der Waals surface area contributed by atoms with E-state index in [9.17, 15) is 9.59 Å². The molecule has 0 atom stereocenters. The van der Waals surface area contributed by atoms with Gasteiger partial charge in [-0.15, -0.1) is 0 Å². The second-order valence-electron chi connectivity index (χ2n) is 7.11. The number of aromatic nitrogens is 2. The van der Waals surface area contributed by atoms with Gasteiger partial charge in [0.2, 0.25) is 0 Å². The highest BCUT2D eigenvalue weighted by molar-refractivity contribution is 6.43. The number of hydrogen-bond acceptors (Lipinski definition) is 7. The van der Waals surface area contributed by atoms with Gasteiger partial charge in [-0.05, 0) is 20.8 Å². The SMILES string of the molecule is COc1cc(OC)c(Cl)c(N(C(=O)OC(C)(C)C)C(=O)N(C)c2cc(Cl)ncn2)c1Cl. The Balaban J connectivity index is 2.70. The molecule has 0 saturated heterocycles. The van der Waals surface area contributed by atoms with Crippen LogP contribution in [0.25, 0.3) is 0 Å². The number of halogens is 3. The van der Waals surface area contributed by atoms with Crippen LogP contribution in [0.3, 0.4) is 0 Å². The molecule has 168 valence electrons. The van der Waals surface area contributed by atoms with Crippen LogP contribution in [-0.2, 0) is 4.74 Å². The van der Waals surface area contributed by atoms with Gasteiger partial charge in [0.25, 0.3) is 0 Å². The fourth-order valence-electron chi connectivity index (χ4n) is 2.40.